The minimum Gasteiger partial charge on any atom is -0.748 e. The molecule has 0 radical (unpaired) electrons. The van der Waals surface area contributed by atoms with Crippen LogP contribution in [0.1, 0.15) is 41.0 Å². The van der Waals surface area contributed by atoms with E-state index in [0.717, 1.165) is 23.3 Å². The Morgan fingerprint density at radius 1 is 1.02 bits per heavy atom. The molecule has 0 fully saturated rings. The van der Waals surface area contributed by atoms with Crippen molar-refractivity contribution in [1.29, 1.82) is 0 Å². The lowest BCUT2D eigenvalue weighted by Gasteiger charge is -2.14. The van der Waals surface area contributed by atoms with Gasteiger partial charge in [-0.05, 0) is 61.9 Å². The third kappa shape index (κ3) is 15.5. The number of benzene rings is 2. The highest BCUT2D eigenvalue weighted by Gasteiger charge is 2.31. The minimum absolute atomic E-state index is 0.0219. The van der Waals surface area contributed by atoms with Gasteiger partial charge in [-0.15, -0.1) is 0 Å². The van der Waals surface area contributed by atoms with Crippen molar-refractivity contribution in [2.24, 2.45) is 5.92 Å². The Hall–Kier alpha value is -5.77. The van der Waals surface area contributed by atoms with Gasteiger partial charge < -0.3 is 24.5 Å². The summed E-state index contributed by atoms with van der Waals surface area (Å²) in [5, 5.41) is 5.73. The number of hydrogen-bond acceptors (Lipinski definition) is 12. The molecule has 0 atom stereocenters. The number of carbonyl (C=O) groups excluding carboxylic acids is 2. The van der Waals surface area contributed by atoms with Gasteiger partial charge in [-0.25, -0.2) is 23.4 Å². The summed E-state index contributed by atoms with van der Waals surface area (Å²) in [6.07, 6.45) is 4.85. The van der Waals surface area contributed by atoms with Crippen LogP contribution in [-0.2, 0) is 42.7 Å². The fourth-order valence-electron chi connectivity index (χ4n) is 4.42. The lowest BCUT2D eigenvalue weighted by atomic mass is 10.1. The Morgan fingerprint density at radius 2 is 1.68 bits per heavy atom. The molecule has 0 spiro atoms. The zero-order valence-electron chi connectivity index (χ0n) is 30.8. The zero-order chi connectivity index (χ0) is 42.0. The van der Waals surface area contributed by atoms with Gasteiger partial charge in [0.1, 0.15) is 0 Å². The van der Waals surface area contributed by atoms with Gasteiger partial charge in [0.05, 0.1) is 51.1 Å². The second kappa shape index (κ2) is 18.7. The number of nitrogens with zero attached hydrogens (tertiary/aromatic N) is 5. The molecule has 0 unspecified atom stereocenters. The molecule has 2 aromatic carbocycles. The van der Waals surface area contributed by atoms with E-state index in [0.29, 0.717) is 29.6 Å². The summed E-state index contributed by atoms with van der Waals surface area (Å²) in [6, 6.07) is 13.6. The number of pyridine rings is 1. The van der Waals surface area contributed by atoms with Crippen molar-refractivity contribution in [3.8, 4) is 16.9 Å². The standard InChI is InChI=1S/C33H30F3N7O3.2CH4O3S/c1-20(2)31(45)46-19-42-11-5-6-24(17-42)28-9-10-37-32(40-28)41-29-12-23(8-7-21(29)3)30(44)39-26-13-25(33(34,35)36)14-27(15-26)43-16-22(4)38-18-43;2*1-5(2,3)4/h5-18,20H,19H2,1-4H3,(H-,37,39,40,41,44);2*1H3,(H,2,3,4). The molecule has 3 heterocycles. The largest absolute Gasteiger partial charge is 0.748 e. The molecule has 21 heteroatoms. The predicted molar refractivity (Wildman–Crippen MR) is 197 cm³/mol. The summed E-state index contributed by atoms with van der Waals surface area (Å²) >= 11 is 0. The number of nitrogens with one attached hydrogen (secondary N) is 2. The Kier molecular flexibility index (Phi) is 14.9. The van der Waals surface area contributed by atoms with E-state index in [1.165, 1.54) is 17.0 Å². The molecule has 0 saturated heterocycles. The number of anilines is 3. The Morgan fingerprint density at radius 3 is 2.27 bits per heavy atom. The van der Waals surface area contributed by atoms with Crippen molar-refractivity contribution >= 4 is 49.4 Å². The van der Waals surface area contributed by atoms with Crippen LogP contribution >= 0.6 is 0 Å². The molecule has 0 bridgehead atoms. The number of esters is 1. The highest BCUT2D eigenvalue weighted by molar-refractivity contribution is 7.85. The first-order valence-corrected chi connectivity index (χ1v) is 19.8. The molecular formula is C35H38F3N7O9S2. The second-order valence-electron chi connectivity index (χ2n) is 12.4. The topological polar surface area (TPSA) is 226 Å². The molecule has 0 aliphatic rings. The average Bonchev–Trinajstić information content (AvgIpc) is 3.52. The zero-order valence-corrected chi connectivity index (χ0v) is 32.4. The molecule has 5 aromatic rings. The van der Waals surface area contributed by atoms with E-state index >= 15 is 0 Å². The van der Waals surface area contributed by atoms with Crippen LogP contribution in [-0.4, -0.2) is 69.8 Å². The number of amides is 1. The molecule has 16 nitrogen and oxygen atoms in total. The van der Waals surface area contributed by atoms with Crippen molar-refractivity contribution in [2.75, 3.05) is 23.1 Å². The van der Waals surface area contributed by atoms with Gasteiger partial charge in [0.25, 0.3) is 22.8 Å². The van der Waals surface area contributed by atoms with E-state index < -0.39 is 37.9 Å². The summed E-state index contributed by atoms with van der Waals surface area (Å²) < 4.78 is 103. The predicted octanol–water partition coefficient (Wildman–Crippen LogP) is 5.07. The summed E-state index contributed by atoms with van der Waals surface area (Å²) in [5.74, 6) is -0.880. The van der Waals surface area contributed by atoms with Gasteiger partial charge in [-0.3, -0.25) is 14.1 Å². The third-order valence-electron chi connectivity index (χ3n) is 6.90. The molecule has 3 N–H and O–H groups in total. The SMILES string of the molecule is CS(=O)(=O)O.CS(=O)(=O)[O-].Cc1cn(-c2cc(NC(=O)c3ccc(C)c(Nc4nccc(-c5ccc[n+](COC(=O)C(C)C)c5)n4)c3)cc(C(F)(F)F)c2)cn1. The van der Waals surface area contributed by atoms with Gasteiger partial charge in [0, 0.05) is 47.3 Å². The molecule has 0 aliphatic heterocycles. The maximum Gasteiger partial charge on any atom is 0.416 e. The smallest absolute Gasteiger partial charge is 0.416 e. The first kappa shape index (κ1) is 44.6. The molecule has 300 valence electrons. The number of aromatic nitrogens is 5. The van der Waals surface area contributed by atoms with Crippen molar-refractivity contribution in [3.05, 3.63) is 108 Å². The van der Waals surface area contributed by atoms with E-state index in [2.05, 4.69) is 25.6 Å². The van der Waals surface area contributed by atoms with Crippen molar-refractivity contribution in [3.63, 3.8) is 0 Å². The molecular weight excluding hydrogens is 784 g/mol. The first-order valence-electron chi connectivity index (χ1n) is 16.1. The molecule has 3 aromatic heterocycles. The molecule has 0 saturated carbocycles. The monoisotopic (exact) mass is 821 g/mol. The maximum absolute atomic E-state index is 13.7. The number of rotatable bonds is 9. The van der Waals surface area contributed by atoms with Gasteiger partial charge in [0.2, 0.25) is 5.95 Å². The number of ether oxygens (including phenoxy) is 1. The average molecular weight is 822 g/mol. The van der Waals surface area contributed by atoms with Crippen molar-refractivity contribution in [1.82, 2.24) is 19.5 Å². The van der Waals surface area contributed by atoms with E-state index in [1.807, 2.05) is 19.1 Å². The Balaban J connectivity index is 0.000000748. The van der Waals surface area contributed by atoms with Crippen molar-refractivity contribution in [2.45, 2.75) is 40.6 Å². The highest BCUT2D eigenvalue weighted by Crippen LogP contribution is 2.33. The molecule has 1 amide bonds. The van der Waals surface area contributed by atoms with Crippen LogP contribution in [0.15, 0.2) is 85.7 Å². The van der Waals surface area contributed by atoms with E-state index in [4.69, 9.17) is 22.3 Å². The number of imidazole rings is 1. The van der Waals surface area contributed by atoms with Crippen LogP contribution in [0.2, 0.25) is 0 Å². The second-order valence-corrected chi connectivity index (χ2v) is 15.2. The van der Waals surface area contributed by atoms with Crippen LogP contribution in [0.3, 0.4) is 0 Å². The van der Waals surface area contributed by atoms with Crippen LogP contribution < -0.4 is 15.2 Å². The fraction of sp³-hybridized carbons (Fsp3) is 0.257. The van der Waals surface area contributed by atoms with Crippen LogP contribution in [0.4, 0.5) is 30.5 Å². The van der Waals surface area contributed by atoms with Crippen LogP contribution in [0.5, 0.6) is 0 Å². The summed E-state index contributed by atoms with van der Waals surface area (Å²) in [4.78, 5) is 38.1. The summed E-state index contributed by atoms with van der Waals surface area (Å²) in [6.45, 7) is 7.14. The molecule has 0 aliphatic carbocycles. The van der Waals surface area contributed by atoms with Crippen LogP contribution in [0.25, 0.3) is 16.9 Å². The number of alkyl halides is 3. The Bertz CT molecular complexity index is 2360. The highest BCUT2D eigenvalue weighted by atomic mass is 32.2. The molecule has 56 heavy (non-hydrogen) atoms. The van der Waals surface area contributed by atoms with E-state index in [-0.39, 0.29) is 41.5 Å². The quantitative estimate of drug-likeness (QED) is 0.100. The minimum atomic E-state index is -4.62. The van der Waals surface area contributed by atoms with Gasteiger partial charge in [-0.2, -0.15) is 26.2 Å². The van der Waals surface area contributed by atoms with Gasteiger partial charge >= 0.3 is 12.1 Å². The molecule has 5 rings (SSSR count). The van der Waals surface area contributed by atoms with E-state index in [1.54, 1.807) is 74.4 Å². The van der Waals surface area contributed by atoms with Gasteiger partial charge in [0.15, 0.2) is 12.4 Å². The third-order valence-corrected chi connectivity index (χ3v) is 6.90. The first-order chi connectivity index (χ1) is 25.9. The normalized spacial score (nSPS) is 11.4. The number of halogens is 3. The lowest BCUT2D eigenvalue weighted by molar-refractivity contribution is -0.727. The van der Waals surface area contributed by atoms with Crippen molar-refractivity contribution < 1.29 is 58.0 Å². The maximum atomic E-state index is 13.7. The lowest BCUT2D eigenvalue weighted by Crippen LogP contribution is -2.36. The van der Waals surface area contributed by atoms with E-state index in [9.17, 15) is 31.2 Å². The number of hydrogen-bond donors (Lipinski definition) is 3. The number of carbonyl (C=O) groups is 2. The Labute approximate surface area is 320 Å². The van der Waals surface area contributed by atoms with Gasteiger partial charge in [-0.1, -0.05) is 19.9 Å². The van der Waals surface area contributed by atoms with Crippen LogP contribution in [0, 0.1) is 19.8 Å². The summed E-state index contributed by atoms with van der Waals surface area (Å²) in [5.41, 5.74) is 2.79. The summed E-state index contributed by atoms with van der Waals surface area (Å²) in [7, 11) is -7.58. The number of aryl methyl sites for hydroxylation is 2. The fourth-order valence-corrected chi connectivity index (χ4v) is 4.42.